The highest BCUT2D eigenvalue weighted by molar-refractivity contribution is 5.76. The van der Waals surface area contributed by atoms with Gasteiger partial charge in [0.1, 0.15) is 0 Å². The number of nitrogens with zero attached hydrogens (tertiary/aromatic N) is 2. The topological polar surface area (TPSA) is 68.0 Å². The molecule has 0 spiro atoms. The van der Waals surface area contributed by atoms with E-state index in [0.717, 1.165) is 11.1 Å². The van der Waals surface area contributed by atoms with Gasteiger partial charge in [-0.05, 0) is 18.6 Å². The Kier molecular flexibility index (Phi) is 4.65. The third-order valence-corrected chi connectivity index (χ3v) is 2.85. The summed E-state index contributed by atoms with van der Waals surface area (Å²) >= 11 is 0. The molecule has 0 bridgehead atoms. The predicted octanol–water partition coefficient (Wildman–Crippen LogP) is 2.28. The van der Waals surface area contributed by atoms with Gasteiger partial charge in [-0.15, -0.1) is 16.8 Å². The van der Waals surface area contributed by atoms with Gasteiger partial charge in [0.2, 0.25) is 17.7 Å². The Morgan fingerprint density at radius 2 is 2.20 bits per heavy atom. The minimum Gasteiger partial charge on any atom is -0.421 e. The van der Waals surface area contributed by atoms with E-state index >= 15 is 0 Å². The van der Waals surface area contributed by atoms with Crippen LogP contribution in [0.2, 0.25) is 0 Å². The summed E-state index contributed by atoms with van der Waals surface area (Å²) in [5.41, 5.74) is 1.99. The first-order chi connectivity index (χ1) is 9.70. The zero-order valence-electron chi connectivity index (χ0n) is 11.4. The van der Waals surface area contributed by atoms with Gasteiger partial charge in [-0.3, -0.25) is 4.79 Å². The van der Waals surface area contributed by atoms with E-state index in [1.54, 1.807) is 6.08 Å². The molecule has 5 heteroatoms. The second-order valence-electron chi connectivity index (χ2n) is 4.41. The van der Waals surface area contributed by atoms with Gasteiger partial charge in [0, 0.05) is 24.9 Å². The van der Waals surface area contributed by atoms with Crippen LogP contribution < -0.4 is 5.32 Å². The normalized spacial score (nSPS) is 10.2. The largest absolute Gasteiger partial charge is 0.421 e. The van der Waals surface area contributed by atoms with Crippen LogP contribution in [0.1, 0.15) is 17.9 Å². The molecule has 0 saturated carbocycles. The van der Waals surface area contributed by atoms with Gasteiger partial charge < -0.3 is 9.73 Å². The molecule has 104 valence electrons. The maximum absolute atomic E-state index is 11.5. The molecule has 0 aliphatic rings. The molecule has 2 aromatic rings. The lowest BCUT2D eigenvalue weighted by Crippen LogP contribution is -2.23. The molecule has 0 saturated heterocycles. The van der Waals surface area contributed by atoms with Gasteiger partial charge in [-0.2, -0.15) is 0 Å². The number of carbonyl (C=O) groups excluding carboxylic acids is 1. The lowest BCUT2D eigenvalue weighted by atomic mass is 10.1. The maximum atomic E-state index is 11.5. The number of carbonyl (C=O) groups is 1. The molecule has 0 atom stereocenters. The summed E-state index contributed by atoms with van der Waals surface area (Å²) in [6, 6.07) is 7.81. The second kappa shape index (κ2) is 6.65. The summed E-state index contributed by atoms with van der Waals surface area (Å²) in [5, 5.41) is 10.7. The highest BCUT2D eigenvalue weighted by Gasteiger charge is 2.11. The fourth-order valence-corrected chi connectivity index (χ4v) is 1.77. The molecule has 1 amide bonds. The standard InChI is InChI=1S/C15H17N3O2/c1-3-10-16-13(19)8-9-14-17-18-15(20-14)12-7-5-4-6-11(12)2/h3-7H,1,8-10H2,2H3,(H,16,19). The van der Waals surface area contributed by atoms with Crippen molar-refractivity contribution in [1.82, 2.24) is 15.5 Å². The lowest BCUT2D eigenvalue weighted by Gasteiger charge is -2.00. The van der Waals surface area contributed by atoms with Crippen molar-refractivity contribution < 1.29 is 9.21 Å². The number of rotatable bonds is 6. The van der Waals surface area contributed by atoms with Crippen molar-refractivity contribution in [2.45, 2.75) is 19.8 Å². The average Bonchev–Trinajstić information content (AvgIpc) is 2.92. The van der Waals surface area contributed by atoms with Crippen LogP contribution in [0.15, 0.2) is 41.3 Å². The first-order valence-electron chi connectivity index (χ1n) is 6.46. The molecule has 0 radical (unpaired) electrons. The average molecular weight is 271 g/mol. The Labute approximate surface area is 117 Å². The highest BCUT2D eigenvalue weighted by atomic mass is 16.4. The molecule has 5 nitrogen and oxygen atoms in total. The molecule has 0 unspecified atom stereocenters. The molecular formula is C15H17N3O2. The van der Waals surface area contributed by atoms with Crippen LogP contribution in [0.3, 0.4) is 0 Å². The summed E-state index contributed by atoms with van der Waals surface area (Å²) < 4.78 is 5.58. The summed E-state index contributed by atoms with van der Waals surface area (Å²) in [7, 11) is 0. The van der Waals surface area contributed by atoms with Crippen molar-refractivity contribution in [3.63, 3.8) is 0 Å². The van der Waals surface area contributed by atoms with E-state index in [1.807, 2.05) is 31.2 Å². The predicted molar refractivity (Wildman–Crippen MR) is 76.0 cm³/mol. The van der Waals surface area contributed by atoms with Gasteiger partial charge >= 0.3 is 0 Å². The van der Waals surface area contributed by atoms with Crippen molar-refractivity contribution in [2.75, 3.05) is 6.54 Å². The van der Waals surface area contributed by atoms with E-state index in [9.17, 15) is 4.79 Å². The molecule has 0 aliphatic carbocycles. The number of nitrogens with one attached hydrogen (secondary N) is 1. The van der Waals surface area contributed by atoms with Crippen LogP contribution in [0.5, 0.6) is 0 Å². The molecule has 1 heterocycles. The van der Waals surface area contributed by atoms with Crippen molar-refractivity contribution in [3.8, 4) is 11.5 Å². The molecule has 0 aliphatic heterocycles. The Morgan fingerprint density at radius 3 is 2.95 bits per heavy atom. The van der Waals surface area contributed by atoms with Crippen molar-refractivity contribution >= 4 is 5.91 Å². The Balaban J connectivity index is 1.98. The van der Waals surface area contributed by atoms with Crippen LogP contribution in [0.4, 0.5) is 0 Å². The van der Waals surface area contributed by atoms with E-state index in [-0.39, 0.29) is 5.91 Å². The van der Waals surface area contributed by atoms with E-state index in [4.69, 9.17) is 4.42 Å². The Hall–Kier alpha value is -2.43. The van der Waals surface area contributed by atoms with Crippen molar-refractivity contribution in [3.05, 3.63) is 48.4 Å². The van der Waals surface area contributed by atoms with Crippen LogP contribution in [-0.4, -0.2) is 22.6 Å². The summed E-state index contributed by atoms with van der Waals surface area (Å²) in [6.45, 7) is 6.00. The molecular weight excluding hydrogens is 254 g/mol. The zero-order chi connectivity index (χ0) is 14.4. The van der Waals surface area contributed by atoms with Crippen LogP contribution >= 0.6 is 0 Å². The molecule has 20 heavy (non-hydrogen) atoms. The van der Waals surface area contributed by atoms with Gasteiger partial charge in [0.05, 0.1) is 0 Å². The highest BCUT2D eigenvalue weighted by Crippen LogP contribution is 2.21. The SMILES string of the molecule is C=CCNC(=O)CCc1nnc(-c2ccccc2C)o1. The zero-order valence-corrected chi connectivity index (χ0v) is 11.4. The minimum atomic E-state index is -0.0551. The van der Waals surface area contributed by atoms with Crippen LogP contribution in [0, 0.1) is 6.92 Å². The van der Waals surface area contributed by atoms with Gasteiger partial charge in [-0.25, -0.2) is 0 Å². The monoisotopic (exact) mass is 271 g/mol. The number of hydrogen-bond donors (Lipinski definition) is 1. The van der Waals surface area contributed by atoms with Crippen molar-refractivity contribution in [1.29, 1.82) is 0 Å². The van der Waals surface area contributed by atoms with E-state index < -0.39 is 0 Å². The summed E-state index contributed by atoms with van der Waals surface area (Å²) in [5.74, 6) is 0.905. The maximum Gasteiger partial charge on any atom is 0.247 e. The number of hydrogen-bond acceptors (Lipinski definition) is 4. The lowest BCUT2D eigenvalue weighted by molar-refractivity contribution is -0.120. The Morgan fingerprint density at radius 1 is 1.40 bits per heavy atom. The fraction of sp³-hybridized carbons (Fsp3) is 0.267. The van der Waals surface area contributed by atoms with Crippen molar-refractivity contribution in [2.24, 2.45) is 0 Å². The fourth-order valence-electron chi connectivity index (χ4n) is 1.77. The molecule has 1 aromatic heterocycles. The van der Waals surface area contributed by atoms with E-state index in [0.29, 0.717) is 31.2 Å². The first kappa shape index (κ1) is 14.0. The number of amides is 1. The summed E-state index contributed by atoms with van der Waals surface area (Å²) in [4.78, 5) is 11.5. The van der Waals surface area contributed by atoms with Crippen LogP contribution in [-0.2, 0) is 11.2 Å². The smallest absolute Gasteiger partial charge is 0.247 e. The number of aryl methyl sites for hydroxylation is 2. The third kappa shape index (κ3) is 3.54. The third-order valence-electron chi connectivity index (χ3n) is 2.85. The minimum absolute atomic E-state index is 0.0551. The molecule has 0 fully saturated rings. The number of benzene rings is 1. The second-order valence-corrected chi connectivity index (χ2v) is 4.41. The van der Waals surface area contributed by atoms with Gasteiger partial charge in [-0.1, -0.05) is 24.3 Å². The van der Waals surface area contributed by atoms with Gasteiger partial charge in [0.15, 0.2) is 0 Å². The summed E-state index contributed by atoms with van der Waals surface area (Å²) in [6.07, 6.45) is 2.39. The van der Waals surface area contributed by atoms with E-state index in [2.05, 4.69) is 22.1 Å². The first-order valence-corrected chi connectivity index (χ1v) is 6.46. The molecule has 1 N–H and O–H groups in total. The van der Waals surface area contributed by atoms with Crippen LogP contribution in [0.25, 0.3) is 11.5 Å². The quantitative estimate of drug-likeness (QED) is 0.818. The van der Waals surface area contributed by atoms with Gasteiger partial charge in [0.25, 0.3) is 0 Å². The molecule has 2 rings (SSSR count). The number of aromatic nitrogens is 2. The Bertz CT molecular complexity index is 605. The van der Waals surface area contributed by atoms with E-state index in [1.165, 1.54) is 0 Å². The molecule has 1 aromatic carbocycles.